The van der Waals surface area contributed by atoms with Crippen molar-refractivity contribution in [1.82, 2.24) is 10.3 Å². The van der Waals surface area contributed by atoms with Gasteiger partial charge in [0.1, 0.15) is 0 Å². The molecule has 19 heavy (non-hydrogen) atoms. The number of ether oxygens (including phenoxy) is 1. The van der Waals surface area contributed by atoms with E-state index >= 15 is 0 Å². The van der Waals surface area contributed by atoms with E-state index in [4.69, 9.17) is 16.3 Å². The fourth-order valence-electron chi connectivity index (χ4n) is 1.65. The topological polar surface area (TPSA) is 34.1 Å². The molecule has 0 atom stereocenters. The van der Waals surface area contributed by atoms with Crippen LogP contribution < -0.4 is 10.1 Å². The number of hydrogen-bond donors (Lipinski definition) is 1. The fraction of sp³-hybridized carbons (Fsp3) is 0.357. The van der Waals surface area contributed by atoms with Crippen molar-refractivity contribution in [2.45, 2.75) is 33.0 Å². The molecule has 1 N–H and O–H groups in total. The molecule has 0 saturated heterocycles. The van der Waals surface area contributed by atoms with E-state index in [1.54, 1.807) is 17.5 Å². The zero-order chi connectivity index (χ0) is 13.7. The van der Waals surface area contributed by atoms with Gasteiger partial charge in [-0.05, 0) is 26.0 Å². The molecule has 0 aliphatic heterocycles. The molecular weight excluding hydrogens is 280 g/mol. The Bertz CT molecular complexity index is 528. The summed E-state index contributed by atoms with van der Waals surface area (Å²) in [5.41, 5.74) is 1.07. The van der Waals surface area contributed by atoms with Gasteiger partial charge in [-0.15, -0.1) is 11.3 Å². The molecule has 0 bridgehead atoms. The van der Waals surface area contributed by atoms with Crippen LogP contribution >= 0.6 is 22.9 Å². The minimum Gasteiger partial charge on any atom is -0.475 e. The van der Waals surface area contributed by atoms with E-state index in [2.05, 4.69) is 10.3 Å². The van der Waals surface area contributed by atoms with Crippen molar-refractivity contribution in [2.75, 3.05) is 0 Å². The van der Waals surface area contributed by atoms with Crippen LogP contribution in [0.5, 0.6) is 5.88 Å². The third-order valence-electron chi connectivity index (χ3n) is 2.43. The summed E-state index contributed by atoms with van der Waals surface area (Å²) in [6.07, 6.45) is 1.88. The third-order valence-corrected chi connectivity index (χ3v) is 3.72. The predicted octanol–water partition coefficient (Wildman–Crippen LogP) is 3.87. The second kappa shape index (κ2) is 6.89. The second-order valence-electron chi connectivity index (χ2n) is 4.47. The van der Waals surface area contributed by atoms with Crippen LogP contribution in [0, 0.1) is 0 Å². The Labute approximate surface area is 122 Å². The molecule has 0 aliphatic carbocycles. The van der Waals surface area contributed by atoms with Crippen molar-refractivity contribution in [3.63, 3.8) is 0 Å². The SMILES string of the molecule is CC(C)Oc1ncccc1CNCc1cc(Cl)cs1. The van der Waals surface area contributed by atoms with Crippen LogP contribution in [0.25, 0.3) is 0 Å². The maximum atomic E-state index is 5.89. The van der Waals surface area contributed by atoms with Gasteiger partial charge >= 0.3 is 0 Å². The molecule has 0 radical (unpaired) electrons. The van der Waals surface area contributed by atoms with E-state index in [1.165, 1.54) is 4.88 Å². The lowest BCUT2D eigenvalue weighted by molar-refractivity contribution is 0.229. The molecule has 0 saturated carbocycles. The standard InChI is InChI=1S/C14H17ClN2OS/c1-10(2)18-14-11(4-3-5-17-14)7-16-8-13-6-12(15)9-19-13/h3-6,9-10,16H,7-8H2,1-2H3. The van der Waals surface area contributed by atoms with Crippen LogP contribution in [-0.2, 0) is 13.1 Å². The molecule has 0 unspecified atom stereocenters. The first kappa shape index (κ1) is 14.3. The van der Waals surface area contributed by atoms with Crippen molar-refractivity contribution in [3.8, 4) is 5.88 Å². The summed E-state index contributed by atoms with van der Waals surface area (Å²) in [5, 5.41) is 6.12. The van der Waals surface area contributed by atoms with Crippen molar-refractivity contribution in [1.29, 1.82) is 0 Å². The van der Waals surface area contributed by atoms with Gasteiger partial charge in [0.05, 0.1) is 11.1 Å². The van der Waals surface area contributed by atoms with E-state index in [9.17, 15) is 0 Å². The molecule has 2 rings (SSSR count). The molecule has 0 aliphatic rings. The van der Waals surface area contributed by atoms with Gasteiger partial charge < -0.3 is 10.1 Å². The van der Waals surface area contributed by atoms with Gasteiger partial charge in [0.25, 0.3) is 0 Å². The molecule has 2 heterocycles. The van der Waals surface area contributed by atoms with Crippen LogP contribution in [0.3, 0.4) is 0 Å². The zero-order valence-electron chi connectivity index (χ0n) is 11.0. The highest BCUT2D eigenvalue weighted by Gasteiger charge is 2.06. The first-order valence-corrected chi connectivity index (χ1v) is 7.45. The molecule has 0 aromatic carbocycles. The fourth-order valence-corrected chi connectivity index (χ4v) is 2.70. The van der Waals surface area contributed by atoms with E-state index in [0.717, 1.165) is 23.7 Å². The zero-order valence-corrected chi connectivity index (χ0v) is 12.6. The number of pyridine rings is 1. The number of nitrogens with zero attached hydrogens (tertiary/aromatic N) is 1. The summed E-state index contributed by atoms with van der Waals surface area (Å²) in [6, 6.07) is 5.93. The predicted molar refractivity (Wildman–Crippen MR) is 79.9 cm³/mol. The lowest BCUT2D eigenvalue weighted by Gasteiger charge is -2.13. The Kier molecular flexibility index (Phi) is 5.19. The van der Waals surface area contributed by atoms with Gasteiger partial charge in [-0.25, -0.2) is 4.98 Å². The number of thiophene rings is 1. The normalized spacial score (nSPS) is 10.9. The Morgan fingerprint density at radius 1 is 1.42 bits per heavy atom. The molecule has 5 heteroatoms. The summed E-state index contributed by atoms with van der Waals surface area (Å²) in [4.78, 5) is 5.49. The van der Waals surface area contributed by atoms with Gasteiger partial charge in [0, 0.05) is 35.1 Å². The molecule has 3 nitrogen and oxygen atoms in total. The summed E-state index contributed by atoms with van der Waals surface area (Å²) in [7, 11) is 0. The Morgan fingerprint density at radius 3 is 2.95 bits per heavy atom. The summed E-state index contributed by atoms with van der Waals surface area (Å²) < 4.78 is 5.68. The smallest absolute Gasteiger partial charge is 0.218 e. The van der Waals surface area contributed by atoms with Gasteiger partial charge in [-0.3, -0.25) is 0 Å². The van der Waals surface area contributed by atoms with Crippen LogP contribution in [0.1, 0.15) is 24.3 Å². The van der Waals surface area contributed by atoms with Crippen molar-refractivity contribution in [3.05, 3.63) is 45.2 Å². The highest BCUT2D eigenvalue weighted by molar-refractivity contribution is 7.10. The molecule has 2 aromatic heterocycles. The first-order valence-electron chi connectivity index (χ1n) is 6.19. The quantitative estimate of drug-likeness (QED) is 0.878. The molecule has 2 aromatic rings. The minimum absolute atomic E-state index is 0.129. The van der Waals surface area contributed by atoms with Gasteiger partial charge in [-0.2, -0.15) is 0 Å². The van der Waals surface area contributed by atoms with Crippen molar-refractivity contribution < 1.29 is 4.74 Å². The average molecular weight is 297 g/mol. The highest BCUT2D eigenvalue weighted by atomic mass is 35.5. The van der Waals surface area contributed by atoms with E-state index < -0.39 is 0 Å². The van der Waals surface area contributed by atoms with Crippen LogP contribution in [0.15, 0.2) is 29.8 Å². The second-order valence-corrected chi connectivity index (χ2v) is 5.90. The summed E-state index contributed by atoms with van der Waals surface area (Å²) >= 11 is 7.55. The van der Waals surface area contributed by atoms with Crippen LogP contribution in [0.2, 0.25) is 5.02 Å². The van der Waals surface area contributed by atoms with Gasteiger partial charge in [0.2, 0.25) is 5.88 Å². The van der Waals surface area contributed by atoms with Gasteiger partial charge in [0.15, 0.2) is 0 Å². The van der Waals surface area contributed by atoms with Crippen molar-refractivity contribution in [2.24, 2.45) is 0 Å². The third kappa shape index (κ3) is 4.49. The summed E-state index contributed by atoms with van der Waals surface area (Å²) in [5.74, 6) is 0.703. The van der Waals surface area contributed by atoms with E-state index in [-0.39, 0.29) is 6.10 Å². The van der Waals surface area contributed by atoms with Gasteiger partial charge in [-0.1, -0.05) is 17.7 Å². The first-order chi connectivity index (χ1) is 9.15. The monoisotopic (exact) mass is 296 g/mol. The highest BCUT2D eigenvalue weighted by Crippen LogP contribution is 2.19. The van der Waals surface area contributed by atoms with Crippen molar-refractivity contribution >= 4 is 22.9 Å². The molecular formula is C14H17ClN2OS. The lowest BCUT2D eigenvalue weighted by Crippen LogP contribution is -2.15. The maximum absolute atomic E-state index is 5.89. The maximum Gasteiger partial charge on any atom is 0.218 e. The number of aromatic nitrogens is 1. The minimum atomic E-state index is 0.129. The molecule has 0 amide bonds. The number of hydrogen-bond acceptors (Lipinski definition) is 4. The van der Waals surface area contributed by atoms with E-state index in [1.807, 2.05) is 37.4 Å². The Balaban J connectivity index is 1.92. The number of halogens is 1. The van der Waals surface area contributed by atoms with E-state index in [0.29, 0.717) is 5.88 Å². The molecule has 0 spiro atoms. The molecule has 0 fully saturated rings. The van der Waals surface area contributed by atoms with Crippen LogP contribution in [-0.4, -0.2) is 11.1 Å². The Hall–Kier alpha value is -1.10. The largest absolute Gasteiger partial charge is 0.475 e. The lowest BCUT2D eigenvalue weighted by atomic mass is 10.2. The number of nitrogens with one attached hydrogen (secondary N) is 1. The average Bonchev–Trinajstić information content (AvgIpc) is 2.77. The summed E-state index contributed by atoms with van der Waals surface area (Å²) in [6.45, 7) is 5.53. The Morgan fingerprint density at radius 2 is 2.26 bits per heavy atom. The number of rotatable bonds is 6. The van der Waals surface area contributed by atoms with Crippen LogP contribution in [0.4, 0.5) is 0 Å². The molecule has 102 valence electrons.